The fraction of sp³-hybridized carbons (Fsp3) is 0.417. The van der Waals surface area contributed by atoms with E-state index in [9.17, 15) is 9.90 Å². The molecule has 1 rings (SSSR count). The van der Waals surface area contributed by atoms with Crippen molar-refractivity contribution in [2.75, 3.05) is 20.1 Å². The van der Waals surface area contributed by atoms with E-state index in [1.807, 2.05) is 6.92 Å². The molecule has 17 heavy (non-hydrogen) atoms. The lowest BCUT2D eigenvalue weighted by molar-refractivity contribution is 0.0774. The molecule has 0 aliphatic carbocycles. The third-order valence-corrected chi connectivity index (χ3v) is 2.55. The Morgan fingerprint density at radius 1 is 1.47 bits per heavy atom. The summed E-state index contributed by atoms with van der Waals surface area (Å²) in [5.41, 5.74) is 5.66. The quantitative estimate of drug-likeness (QED) is 0.723. The fourth-order valence-electron chi connectivity index (χ4n) is 1.53. The van der Waals surface area contributed by atoms with Crippen molar-refractivity contribution >= 4 is 5.91 Å². The lowest BCUT2D eigenvalue weighted by Crippen LogP contribution is -2.33. The molecule has 0 saturated heterocycles. The molecule has 4 N–H and O–H groups in total. The van der Waals surface area contributed by atoms with Crippen LogP contribution >= 0.6 is 0 Å². The van der Waals surface area contributed by atoms with Gasteiger partial charge in [0.15, 0.2) is 0 Å². The Morgan fingerprint density at radius 3 is 2.65 bits per heavy atom. The minimum Gasteiger partial charge on any atom is -0.508 e. The lowest BCUT2D eigenvalue weighted by atomic mass is 10.1. The van der Waals surface area contributed by atoms with E-state index in [4.69, 9.17) is 10.8 Å². The number of carbonyl (C=O) groups is 1. The number of aromatic hydroxyl groups is 2. The van der Waals surface area contributed by atoms with Gasteiger partial charge in [-0.25, -0.2) is 0 Å². The normalized spacial score (nSPS) is 12.2. The highest BCUT2D eigenvalue weighted by molar-refractivity contribution is 5.96. The van der Waals surface area contributed by atoms with Crippen LogP contribution in [-0.2, 0) is 0 Å². The maximum Gasteiger partial charge on any atom is 0.257 e. The average molecular weight is 238 g/mol. The maximum atomic E-state index is 12.0. The molecule has 5 nitrogen and oxygen atoms in total. The second-order valence-corrected chi connectivity index (χ2v) is 4.23. The average Bonchev–Trinajstić information content (AvgIpc) is 2.28. The van der Waals surface area contributed by atoms with Crippen molar-refractivity contribution in [3.05, 3.63) is 23.8 Å². The zero-order valence-corrected chi connectivity index (χ0v) is 10.1. The maximum absolute atomic E-state index is 12.0. The molecule has 1 aromatic rings. The highest BCUT2D eigenvalue weighted by Crippen LogP contribution is 2.23. The van der Waals surface area contributed by atoms with Gasteiger partial charge in [0, 0.05) is 19.7 Å². The number of carbonyl (C=O) groups excluding carboxylic acids is 1. The summed E-state index contributed by atoms with van der Waals surface area (Å²) in [4.78, 5) is 13.5. The lowest BCUT2D eigenvalue weighted by Gasteiger charge is -2.21. The van der Waals surface area contributed by atoms with Gasteiger partial charge >= 0.3 is 0 Å². The van der Waals surface area contributed by atoms with Gasteiger partial charge in [-0.2, -0.15) is 0 Å². The van der Waals surface area contributed by atoms with Gasteiger partial charge in [0.2, 0.25) is 0 Å². The summed E-state index contributed by atoms with van der Waals surface area (Å²) in [6.45, 7) is 2.97. The van der Waals surface area contributed by atoms with Crippen LogP contribution in [0.5, 0.6) is 11.5 Å². The number of nitrogens with two attached hydrogens (primary N) is 1. The SMILES string of the molecule is CC(CN)CN(C)C(=O)c1ccc(O)cc1O. The van der Waals surface area contributed by atoms with Crippen molar-refractivity contribution in [3.8, 4) is 11.5 Å². The number of rotatable bonds is 4. The van der Waals surface area contributed by atoms with E-state index in [0.717, 1.165) is 6.07 Å². The molecule has 0 aromatic heterocycles. The molecule has 1 atom stereocenters. The molecule has 0 radical (unpaired) electrons. The van der Waals surface area contributed by atoms with Crippen LogP contribution < -0.4 is 5.73 Å². The third kappa shape index (κ3) is 3.35. The minimum absolute atomic E-state index is 0.0722. The predicted molar refractivity (Wildman–Crippen MR) is 65.0 cm³/mol. The molecule has 0 spiro atoms. The van der Waals surface area contributed by atoms with E-state index in [1.54, 1.807) is 7.05 Å². The van der Waals surface area contributed by atoms with E-state index < -0.39 is 0 Å². The zero-order valence-electron chi connectivity index (χ0n) is 10.1. The Balaban J connectivity index is 2.81. The van der Waals surface area contributed by atoms with E-state index >= 15 is 0 Å². The summed E-state index contributed by atoms with van der Waals surface area (Å²) in [5, 5.41) is 18.7. The van der Waals surface area contributed by atoms with Gasteiger partial charge in [-0.3, -0.25) is 4.79 Å². The van der Waals surface area contributed by atoms with E-state index in [1.165, 1.54) is 17.0 Å². The fourth-order valence-corrected chi connectivity index (χ4v) is 1.53. The van der Waals surface area contributed by atoms with Crippen molar-refractivity contribution in [3.63, 3.8) is 0 Å². The van der Waals surface area contributed by atoms with Gasteiger partial charge in [-0.05, 0) is 24.6 Å². The van der Waals surface area contributed by atoms with Gasteiger partial charge in [0.1, 0.15) is 11.5 Å². The van der Waals surface area contributed by atoms with Gasteiger partial charge in [-0.1, -0.05) is 6.92 Å². The number of benzene rings is 1. The van der Waals surface area contributed by atoms with Crippen LogP contribution in [0.3, 0.4) is 0 Å². The molecular weight excluding hydrogens is 220 g/mol. The standard InChI is InChI=1S/C12H18N2O3/c1-8(6-13)7-14(2)12(17)10-4-3-9(15)5-11(10)16/h3-5,8,15-16H,6-7,13H2,1-2H3. The molecule has 94 valence electrons. The number of phenolic OH excluding ortho intramolecular Hbond substituents is 2. The summed E-state index contributed by atoms with van der Waals surface area (Å²) in [6.07, 6.45) is 0. The molecule has 0 heterocycles. The monoisotopic (exact) mass is 238 g/mol. The number of amides is 1. The van der Waals surface area contributed by atoms with Crippen LogP contribution in [0.2, 0.25) is 0 Å². The first-order chi connectivity index (χ1) is 7.95. The zero-order chi connectivity index (χ0) is 13.0. The topological polar surface area (TPSA) is 86.8 Å². The first-order valence-electron chi connectivity index (χ1n) is 5.43. The van der Waals surface area contributed by atoms with Crippen molar-refractivity contribution < 1.29 is 15.0 Å². The van der Waals surface area contributed by atoms with Gasteiger partial charge < -0.3 is 20.8 Å². The van der Waals surface area contributed by atoms with Crippen LogP contribution in [-0.4, -0.2) is 41.2 Å². The Hall–Kier alpha value is -1.75. The Morgan fingerprint density at radius 2 is 2.12 bits per heavy atom. The van der Waals surface area contributed by atoms with E-state index in [2.05, 4.69) is 0 Å². The molecule has 0 aliphatic heterocycles. The molecular formula is C12H18N2O3. The molecule has 0 saturated carbocycles. The highest BCUT2D eigenvalue weighted by atomic mass is 16.3. The molecule has 5 heteroatoms. The van der Waals surface area contributed by atoms with Gasteiger partial charge in [0.05, 0.1) is 5.56 Å². The van der Waals surface area contributed by atoms with E-state index in [0.29, 0.717) is 13.1 Å². The Kier molecular flexibility index (Phi) is 4.34. The molecule has 1 aromatic carbocycles. The second kappa shape index (κ2) is 5.54. The molecule has 0 bridgehead atoms. The van der Waals surface area contributed by atoms with Crippen molar-refractivity contribution in [1.29, 1.82) is 0 Å². The predicted octanol–water partition coefficient (Wildman–Crippen LogP) is 0.765. The van der Waals surface area contributed by atoms with Crippen LogP contribution in [0.4, 0.5) is 0 Å². The summed E-state index contributed by atoms with van der Waals surface area (Å²) in [7, 11) is 1.65. The molecule has 0 fully saturated rings. The molecule has 1 amide bonds. The van der Waals surface area contributed by atoms with Gasteiger partial charge in [0.25, 0.3) is 5.91 Å². The highest BCUT2D eigenvalue weighted by Gasteiger charge is 2.17. The summed E-state index contributed by atoms with van der Waals surface area (Å²) in [5.74, 6) is -0.384. The Bertz CT molecular complexity index is 407. The first-order valence-corrected chi connectivity index (χ1v) is 5.43. The van der Waals surface area contributed by atoms with Crippen molar-refractivity contribution in [2.45, 2.75) is 6.92 Å². The van der Waals surface area contributed by atoms with Crippen molar-refractivity contribution in [1.82, 2.24) is 4.90 Å². The largest absolute Gasteiger partial charge is 0.508 e. The number of nitrogens with zero attached hydrogens (tertiary/aromatic N) is 1. The summed E-state index contributed by atoms with van der Waals surface area (Å²) in [6, 6.07) is 3.91. The summed E-state index contributed by atoms with van der Waals surface area (Å²) < 4.78 is 0. The number of hydrogen-bond acceptors (Lipinski definition) is 4. The molecule has 0 aliphatic rings. The number of phenols is 2. The van der Waals surface area contributed by atoms with Crippen LogP contribution in [0.25, 0.3) is 0 Å². The van der Waals surface area contributed by atoms with E-state index in [-0.39, 0.29) is 28.9 Å². The molecule has 1 unspecified atom stereocenters. The van der Waals surface area contributed by atoms with Crippen LogP contribution in [0.15, 0.2) is 18.2 Å². The number of hydrogen-bond donors (Lipinski definition) is 3. The second-order valence-electron chi connectivity index (χ2n) is 4.23. The summed E-state index contributed by atoms with van der Waals surface area (Å²) >= 11 is 0. The van der Waals surface area contributed by atoms with Gasteiger partial charge in [-0.15, -0.1) is 0 Å². The first kappa shape index (κ1) is 13.3. The Labute approximate surface area is 100 Å². The smallest absolute Gasteiger partial charge is 0.257 e. The minimum atomic E-state index is -0.289. The van der Waals surface area contributed by atoms with Crippen LogP contribution in [0.1, 0.15) is 17.3 Å². The van der Waals surface area contributed by atoms with Crippen LogP contribution in [0, 0.1) is 5.92 Å². The third-order valence-electron chi connectivity index (χ3n) is 2.55. The van der Waals surface area contributed by atoms with Crippen molar-refractivity contribution in [2.24, 2.45) is 11.7 Å².